The first-order chi connectivity index (χ1) is 14.8. The Hall–Kier alpha value is -3.12. The van der Waals surface area contributed by atoms with Crippen LogP contribution in [0.4, 0.5) is 11.4 Å². The van der Waals surface area contributed by atoms with Gasteiger partial charge in [-0.25, -0.2) is 8.42 Å². The van der Waals surface area contributed by atoms with Crippen molar-refractivity contribution in [1.82, 2.24) is 0 Å². The van der Waals surface area contributed by atoms with E-state index in [1.54, 1.807) is 30.3 Å². The summed E-state index contributed by atoms with van der Waals surface area (Å²) in [6.07, 6.45) is 0.845. The highest BCUT2D eigenvalue weighted by Crippen LogP contribution is 2.26. The second-order valence-electron chi connectivity index (χ2n) is 7.63. The van der Waals surface area contributed by atoms with Gasteiger partial charge >= 0.3 is 0 Å². The highest BCUT2D eigenvalue weighted by molar-refractivity contribution is 7.92. The van der Waals surface area contributed by atoms with Crippen LogP contribution in [-0.2, 0) is 21.2 Å². The van der Waals surface area contributed by atoms with Crippen LogP contribution in [-0.4, -0.2) is 20.9 Å². The van der Waals surface area contributed by atoms with Crippen molar-refractivity contribution >= 4 is 27.3 Å². The fourth-order valence-corrected chi connectivity index (χ4v) is 4.81. The molecule has 0 spiro atoms. The summed E-state index contributed by atoms with van der Waals surface area (Å²) in [5.41, 5.74) is 3.24. The summed E-state index contributed by atoms with van der Waals surface area (Å²) in [4.78, 5) is 13.1. The maximum absolute atomic E-state index is 13.4. The van der Waals surface area contributed by atoms with Crippen molar-refractivity contribution in [2.24, 2.45) is 0 Å². The summed E-state index contributed by atoms with van der Waals surface area (Å²) in [6.45, 7) is 5.81. The number of amides is 1. The minimum absolute atomic E-state index is 0.143. The summed E-state index contributed by atoms with van der Waals surface area (Å²) in [5.74, 6) is -0.172. The van der Waals surface area contributed by atoms with Crippen molar-refractivity contribution in [2.45, 2.75) is 38.0 Å². The Labute approximate surface area is 184 Å². The molecular weight excluding hydrogens is 408 g/mol. The lowest BCUT2D eigenvalue weighted by Crippen LogP contribution is -2.38. The number of carbonyl (C=O) groups is 1. The van der Waals surface area contributed by atoms with Crippen LogP contribution in [0.2, 0.25) is 0 Å². The highest BCUT2D eigenvalue weighted by Gasteiger charge is 2.27. The van der Waals surface area contributed by atoms with Crippen LogP contribution in [0.3, 0.4) is 0 Å². The van der Waals surface area contributed by atoms with Gasteiger partial charge in [0.05, 0.1) is 10.6 Å². The Morgan fingerprint density at radius 1 is 0.903 bits per heavy atom. The van der Waals surface area contributed by atoms with Crippen molar-refractivity contribution in [3.63, 3.8) is 0 Å². The second kappa shape index (κ2) is 9.79. The minimum Gasteiger partial charge on any atom is -0.324 e. The molecule has 5 nitrogen and oxygen atoms in total. The third-order valence-electron chi connectivity index (χ3n) is 5.11. The van der Waals surface area contributed by atoms with Gasteiger partial charge in [-0.05, 0) is 53.8 Å². The first-order valence-corrected chi connectivity index (χ1v) is 11.8. The van der Waals surface area contributed by atoms with E-state index in [-0.39, 0.29) is 17.4 Å². The lowest BCUT2D eigenvalue weighted by molar-refractivity contribution is -0.114. The van der Waals surface area contributed by atoms with Gasteiger partial charge in [0.2, 0.25) is 5.91 Å². The number of aryl methyl sites for hydroxylation is 1. The van der Waals surface area contributed by atoms with Crippen molar-refractivity contribution in [3.8, 4) is 0 Å². The molecule has 0 radical (unpaired) electrons. The Balaban J connectivity index is 1.94. The molecule has 0 saturated heterocycles. The number of nitrogens with one attached hydrogen (secondary N) is 1. The lowest BCUT2D eigenvalue weighted by atomic mass is 10.0. The van der Waals surface area contributed by atoms with Gasteiger partial charge < -0.3 is 5.32 Å². The normalized spacial score (nSPS) is 11.4. The summed E-state index contributed by atoms with van der Waals surface area (Å²) < 4.78 is 28.0. The zero-order chi connectivity index (χ0) is 22.4. The van der Waals surface area contributed by atoms with Crippen LogP contribution >= 0.6 is 0 Å². The SMILES string of the molecule is CCc1ccc(N(CC(=O)Nc2ccccc2C(C)C)S(=O)(=O)c2ccccc2)cc1. The molecule has 0 aromatic heterocycles. The number of carbonyl (C=O) groups excluding carboxylic acids is 1. The van der Waals surface area contributed by atoms with E-state index in [4.69, 9.17) is 0 Å². The molecule has 162 valence electrons. The van der Waals surface area contributed by atoms with Gasteiger partial charge in [0.1, 0.15) is 6.54 Å². The van der Waals surface area contributed by atoms with Gasteiger partial charge in [-0.1, -0.05) is 69.3 Å². The second-order valence-corrected chi connectivity index (χ2v) is 9.50. The van der Waals surface area contributed by atoms with E-state index in [1.165, 1.54) is 12.1 Å². The van der Waals surface area contributed by atoms with Gasteiger partial charge in [-0.15, -0.1) is 0 Å². The van der Waals surface area contributed by atoms with Crippen molar-refractivity contribution < 1.29 is 13.2 Å². The number of nitrogens with zero attached hydrogens (tertiary/aromatic N) is 1. The van der Waals surface area contributed by atoms with Crippen molar-refractivity contribution in [2.75, 3.05) is 16.2 Å². The monoisotopic (exact) mass is 436 g/mol. The Morgan fingerprint density at radius 3 is 2.13 bits per heavy atom. The molecule has 0 unspecified atom stereocenters. The smallest absolute Gasteiger partial charge is 0.264 e. The molecule has 0 heterocycles. The highest BCUT2D eigenvalue weighted by atomic mass is 32.2. The van der Waals surface area contributed by atoms with Crippen LogP contribution in [0.1, 0.15) is 37.8 Å². The quantitative estimate of drug-likeness (QED) is 0.527. The molecule has 6 heteroatoms. The number of benzene rings is 3. The van der Waals surface area contributed by atoms with Crippen LogP contribution in [0, 0.1) is 0 Å². The fraction of sp³-hybridized carbons (Fsp3) is 0.240. The Kier molecular flexibility index (Phi) is 7.13. The van der Waals surface area contributed by atoms with E-state index in [1.807, 2.05) is 57.2 Å². The summed E-state index contributed by atoms with van der Waals surface area (Å²) in [6, 6.07) is 23.0. The molecule has 3 rings (SSSR count). The van der Waals surface area contributed by atoms with E-state index in [9.17, 15) is 13.2 Å². The van der Waals surface area contributed by atoms with E-state index < -0.39 is 15.9 Å². The van der Waals surface area contributed by atoms with E-state index in [0.29, 0.717) is 11.4 Å². The number of sulfonamides is 1. The predicted molar refractivity (Wildman–Crippen MR) is 126 cm³/mol. The number of rotatable bonds is 8. The van der Waals surface area contributed by atoms with Gasteiger partial charge in [-0.3, -0.25) is 9.10 Å². The van der Waals surface area contributed by atoms with Gasteiger partial charge in [0.15, 0.2) is 0 Å². The average Bonchev–Trinajstić information content (AvgIpc) is 2.78. The van der Waals surface area contributed by atoms with E-state index in [2.05, 4.69) is 5.32 Å². The first kappa shape index (κ1) is 22.6. The third kappa shape index (κ3) is 5.33. The zero-order valence-corrected chi connectivity index (χ0v) is 18.9. The van der Waals surface area contributed by atoms with Crippen LogP contribution < -0.4 is 9.62 Å². The van der Waals surface area contributed by atoms with Crippen LogP contribution in [0.25, 0.3) is 0 Å². The zero-order valence-electron chi connectivity index (χ0n) is 18.1. The summed E-state index contributed by atoms with van der Waals surface area (Å²) in [5, 5.41) is 2.89. The topological polar surface area (TPSA) is 66.5 Å². The molecule has 1 N–H and O–H groups in total. The number of anilines is 2. The number of para-hydroxylation sites is 1. The van der Waals surface area contributed by atoms with Crippen molar-refractivity contribution in [1.29, 1.82) is 0 Å². The molecule has 3 aromatic carbocycles. The van der Waals surface area contributed by atoms with Crippen molar-refractivity contribution in [3.05, 3.63) is 90.0 Å². The molecule has 0 aliphatic heterocycles. The predicted octanol–water partition coefficient (Wildman–Crippen LogP) is 5.21. The first-order valence-electron chi connectivity index (χ1n) is 10.4. The summed E-state index contributed by atoms with van der Waals surface area (Å²) in [7, 11) is -3.91. The van der Waals surface area contributed by atoms with Gasteiger partial charge in [0.25, 0.3) is 10.0 Å². The Morgan fingerprint density at radius 2 is 1.52 bits per heavy atom. The number of hydrogen-bond donors (Lipinski definition) is 1. The maximum atomic E-state index is 13.4. The largest absolute Gasteiger partial charge is 0.324 e. The lowest BCUT2D eigenvalue weighted by Gasteiger charge is -2.25. The minimum atomic E-state index is -3.91. The molecule has 0 bridgehead atoms. The van der Waals surface area contributed by atoms with E-state index >= 15 is 0 Å². The Bertz CT molecular complexity index is 1120. The molecule has 0 aliphatic rings. The molecule has 0 aliphatic carbocycles. The molecule has 0 atom stereocenters. The van der Waals surface area contributed by atoms with E-state index in [0.717, 1.165) is 21.9 Å². The standard InChI is InChI=1S/C25H28N2O3S/c1-4-20-14-16-21(17-15-20)27(31(29,30)22-10-6-5-7-11-22)18-25(28)26-24-13-9-8-12-23(24)19(2)3/h5-17,19H,4,18H2,1-3H3,(H,26,28). The third-order valence-corrected chi connectivity index (χ3v) is 6.90. The molecule has 0 saturated carbocycles. The average molecular weight is 437 g/mol. The molecule has 1 amide bonds. The van der Waals surface area contributed by atoms with Gasteiger partial charge in [-0.2, -0.15) is 0 Å². The molecule has 31 heavy (non-hydrogen) atoms. The van der Waals surface area contributed by atoms with Crippen LogP contribution in [0.15, 0.2) is 83.8 Å². The molecule has 0 fully saturated rings. The molecule has 3 aromatic rings. The van der Waals surface area contributed by atoms with Gasteiger partial charge in [0, 0.05) is 5.69 Å². The summed E-state index contributed by atoms with van der Waals surface area (Å²) >= 11 is 0. The maximum Gasteiger partial charge on any atom is 0.264 e. The fourth-order valence-electron chi connectivity index (χ4n) is 3.37. The molecular formula is C25H28N2O3S. The van der Waals surface area contributed by atoms with Crippen LogP contribution in [0.5, 0.6) is 0 Å². The number of hydrogen-bond acceptors (Lipinski definition) is 3.